The molecule has 1 atom stereocenters. The van der Waals surface area contributed by atoms with E-state index in [1.807, 2.05) is 30.3 Å². The average molecular weight is 288 g/mol. The van der Waals surface area contributed by atoms with E-state index in [-0.39, 0.29) is 35.0 Å². The predicted molar refractivity (Wildman–Crippen MR) is 70.0 cm³/mol. The topological polar surface area (TPSA) is 80.9 Å². The number of rotatable bonds is 4. The summed E-state index contributed by atoms with van der Waals surface area (Å²) in [5, 5.41) is 10.8. The Hall–Kier alpha value is -1.33. The number of benzene rings is 2. The molecule has 0 fully saturated rings. The van der Waals surface area contributed by atoms with Gasteiger partial charge in [0, 0.05) is 11.9 Å². The number of ether oxygens (including phenoxy) is 1. The summed E-state index contributed by atoms with van der Waals surface area (Å²) in [6.45, 7) is 1.59. The third-order valence-electron chi connectivity index (χ3n) is 2.69. The molecule has 0 spiro atoms. The maximum atomic E-state index is 10.8. The number of hydrogen-bond donors (Lipinski definition) is 0. The zero-order valence-corrected chi connectivity index (χ0v) is 13.5. The predicted octanol–water partition coefficient (Wildman–Crippen LogP) is -1.49. The number of hydrogen-bond acceptors (Lipinski definition) is 3. The van der Waals surface area contributed by atoms with Gasteiger partial charge in [-0.3, -0.25) is 0 Å². The Labute approximate surface area is 140 Å². The van der Waals surface area contributed by atoms with Gasteiger partial charge in [-0.1, -0.05) is 37.3 Å². The van der Waals surface area contributed by atoms with Crippen molar-refractivity contribution in [3.63, 3.8) is 0 Å². The fourth-order valence-corrected chi connectivity index (χ4v) is 1.61. The number of carboxylic acids is 1. The number of carboxylic acid groups (broad SMARTS) is 1. The van der Waals surface area contributed by atoms with Gasteiger partial charge < -0.3 is 20.1 Å². The molecule has 2 rings (SSSR count). The molecule has 20 heavy (non-hydrogen) atoms. The van der Waals surface area contributed by atoms with Crippen LogP contribution in [0.15, 0.2) is 54.6 Å². The van der Waals surface area contributed by atoms with Gasteiger partial charge >= 0.3 is 29.6 Å². The number of carbonyl (C=O) groups is 1. The Morgan fingerprint density at radius 3 is 2.25 bits per heavy atom. The second-order valence-corrected chi connectivity index (χ2v) is 4.03. The van der Waals surface area contributed by atoms with Crippen LogP contribution in [0, 0.1) is 0 Å². The Kier molecular flexibility index (Phi) is 8.18. The van der Waals surface area contributed by atoms with Crippen LogP contribution in [-0.4, -0.2) is 11.4 Å². The molecular weight excluding hydrogens is 273 g/mol. The van der Waals surface area contributed by atoms with Crippen LogP contribution in [0.5, 0.6) is 11.5 Å². The second-order valence-electron chi connectivity index (χ2n) is 4.03. The van der Waals surface area contributed by atoms with E-state index >= 15 is 0 Å². The standard InChI is InChI=1S/C15H14O3.Na.H2O/c1-11(15(16)17)12-6-5-9-14(10-12)18-13-7-3-2-4-8-13;;/h2-11H,1H3,(H,16,17);;1H2/q;+1;/p-1/i2+1,3+1,4+1,7+1,8+1,13+1;;. The van der Waals surface area contributed by atoms with Crippen LogP contribution in [0.4, 0.5) is 0 Å². The van der Waals surface area contributed by atoms with Crippen molar-refractivity contribution >= 4 is 5.97 Å². The Bertz CT molecular complexity index is 543. The smallest absolute Gasteiger partial charge is 0.550 e. The minimum atomic E-state index is -1.09. The van der Waals surface area contributed by atoms with Crippen molar-refractivity contribution in [2.24, 2.45) is 0 Å². The molecule has 0 bridgehead atoms. The maximum Gasteiger partial charge on any atom is 1.00 e. The summed E-state index contributed by atoms with van der Waals surface area (Å²) < 4.78 is 5.64. The van der Waals surface area contributed by atoms with Crippen LogP contribution in [-0.2, 0) is 4.79 Å². The van der Waals surface area contributed by atoms with Crippen LogP contribution < -0.4 is 39.4 Å². The van der Waals surface area contributed by atoms with Gasteiger partial charge in [-0.05, 0) is 29.8 Å². The summed E-state index contributed by atoms with van der Waals surface area (Å²) in [5.74, 6) is -0.404. The van der Waals surface area contributed by atoms with E-state index in [0.717, 1.165) is 5.75 Å². The first-order valence-electron chi connectivity index (χ1n) is 5.70. The third-order valence-corrected chi connectivity index (χ3v) is 2.69. The summed E-state index contributed by atoms with van der Waals surface area (Å²) in [7, 11) is 0. The summed E-state index contributed by atoms with van der Waals surface area (Å²) in [5.41, 5.74) is 0.670. The van der Waals surface area contributed by atoms with Gasteiger partial charge in [-0.15, -0.1) is 0 Å². The van der Waals surface area contributed by atoms with Crippen molar-refractivity contribution in [1.82, 2.24) is 0 Å². The molecule has 0 heterocycles. The fraction of sp³-hybridized carbons (Fsp3) is 0.133. The van der Waals surface area contributed by atoms with E-state index in [4.69, 9.17) is 4.74 Å². The van der Waals surface area contributed by atoms with Crippen LogP contribution in [0.2, 0.25) is 0 Å². The molecule has 0 aromatic heterocycles. The summed E-state index contributed by atoms with van der Waals surface area (Å²) in [4.78, 5) is 10.8. The third kappa shape index (κ3) is 4.98. The zero-order valence-electron chi connectivity index (χ0n) is 11.5. The largest absolute Gasteiger partial charge is 1.00 e. The molecule has 2 aromatic carbocycles. The van der Waals surface area contributed by atoms with E-state index in [1.165, 1.54) is 0 Å². The minimum absolute atomic E-state index is 0. The quantitative estimate of drug-likeness (QED) is 0.643. The van der Waals surface area contributed by atoms with Crippen molar-refractivity contribution in [3.05, 3.63) is 60.2 Å². The van der Waals surface area contributed by atoms with Gasteiger partial charge in [-0.2, -0.15) is 0 Å². The zero-order chi connectivity index (χ0) is 13.0. The van der Waals surface area contributed by atoms with Gasteiger partial charge in [0.25, 0.3) is 0 Å². The Morgan fingerprint density at radius 2 is 1.65 bits per heavy atom. The molecule has 0 radical (unpaired) electrons. The first kappa shape index (κ1) is 18.7. The van der Waals surface area contributed by atoms with Gasteiger partial charge in [-0.25, -0.2) is 0 Å². The van der Waals surface area contributed by atoms with Crippen LogP contribution in [0.1, 0.15) is 18.4 Å². The van der Waals surface area contributed by atoms with Crippen molar-refractivity contribution in [2.45, 2.75) is 12.8 Å². The van der Waals surface area contributed by atoms with Gasteiger partial charge in [0.05, 0.1) is 0 Å². The van der Waals surface area contributed by atoms with Crippen LogP contribution in [0.3, 0.4) is 0 Å². The van der Waals surface area contributed by atoms with E-state index in [1.54, 1.807) is 31.2 Å². The SMILES string of the molecule is CC(C(=O)[O-])c1cccc(O[13c]2[13cH][13cH][13cH][13cH][13cH]2)c1.O.[Na+]. The molecule has 100 valence electrons. The van der Waals surface area contributed by atoms with Gasteiger partial charge in [0.15, 0.2) is 0 Å². The van der Waals surface area contributed by atoms with E-state index in [9.17, 15) is 9.90 Å². The van der Waals surface area contributed by atoms with Crippen LogP contribution >= 0.6 is 0 Å². The first-order chi connectivity index (χ1) is 8.66. The molecule has 5 heteroatoms. The molecule has 0 saturated carbocycles. The van der Waals surface area contributed by atoms with E-state index in [2.05, 4.69) is 0 Å². The molecule has 4 nitrogen and oxygen atoms in total. The monoisotopic (exact) mass is 288 g/mol. The van der Waals surface area contributed by atoms with Gasteiger partial charge in [0.1, 0.15) is 11.5 Å². The molecule has 2 N–H and O–H groups in total. The number of para-hydroxylation sites is 1. The van der Waals surface area contributed by atoms with Crippen LogP contribution in [0.25, 0.3) is 0 Å². The molecule has 0 aliphatic carbocycles. The van der Waals surface area contributed by atoms with E-state index in [0.29, 0.717) is 11.3 Å². The molecule has 2 aromatic rings. The Morgan fingerprint density at radius 1 is 1.05 bits per heavy atom. The Balaban J connectivity index is 0.00000180. The summed E-state index contributed by atoms with van der Waals surface area (Å²) in [6, 6.07) is 16.4. The maximum absolute atomic E-state index is 10.8. The van der Waals surface area contributed by atoms with Gasteiger partial charge in [0.2, 0.25) is 0 Å². The summed E-state index contributed by atoms with van der Waals surface area (Å²) >= 11 is 0. The minimum Gasteiger partial charge on any atom is -0.550 e. The number of carbonyl (C=O) groups excluding carboxylic acids is 1. The average Bonchev–Trinajstić information content (AvgIpc) is 2.39. The fourth-order valence-electron chi connectivity index (χ4n) is 1.61. The first-order valence-corrected chi connectivity index (χ1v) is 5.70. The molecule has 0 aliphatic heterocycles. The molecule has 0 aliphatic rings. The second kappa shape index (κ2) is 8.76. The van der Waals surface area contributed by atoms with Crippen molar-refractivity contribution in [2.75, 3.05) is 0 Å². The number of aliphatic carboxylic acids is 1. The molecule has 0 saturated heterocycles. The van der Waals surface area contributed by atoms with Crippen molar-refractivity contribution in [1.29, 1.82) is 0 Å². The van der Waals surface area contributed by atoms with E-state index < -0.39 is 11.9 Å². The molecule has 0 amide bonds. The van der Waals surface area contributed by atoms with Crippen molar-refractivity contribution in [3.8, 4) is 11.5 Å². The summed E-state index contributed by atoms with van der Waals surface area (Å²) in [6.07, 6.45) is 0. The molecular formula is C15H15NaO4. The van der Waals surface area contributed by atoms with Crippen molar-refractivity contribution < 1.29 is 49.7 Å². The normalized spacial score (nSPS) is 10.7. The molecule has 1 unspecified atom stereocenters.